The maximum absolute atomic E-state index is 14.3. The summed E-state index contributed by atoms with van der Waals surface area (Å²) < 4.78 is 19.9. The highest BCUT2D eigenvalue weighted by molar-refractivity contribution is 6.04. The molecule has 3 aromatic carbocycles. The molecule has 35 heavy (non-hydrogen) atoms. The zero-order valence-electron chi connectivity index (χ0n) is 19.5. The smallest absolute Gasteiger partial charge is 0.337 e. The summed E-state index contributed by atoms with van der Waals surface area (Å²) in [6.45, 7) is 1.92. The molecule has 0 saturated heterocycles. The number of hydrogen-bond acceptors (Lipinski definition) is 4. The van der Waals surface area contributed by atoms with Gasteiger partial charge < -0.3 is 10.1 Å². The Balaban J connectivity index is 1.52. The Kier molecular flexibility index (Phi) is 6.32. The number of dihydropyridines is 1. The fraction of sp³-hybridized carbons (Fsp3) is 0.200. The highest BCUT2D eigenvalue weighted by atomic mass is 19.1. The lowest BCUT2D eigenvalue weighted by molar-refractivity contribution is -0.140. The Morgan fingerprint density at radius 1 is 0.943 bits per heavy atom. The van der Waals surface area contributed by atoms with E-state index in [4.69, 9.17) is 4.74 Å². The van der Waals surface area contributed by atoms with E-state index in [1.54, 1.807) is 12.1 Å². The van der Waals surface area contributed by atoms with Gasteiger partial charge in [-0.1, -0.05) is 72.8 Å². The van der Waals surface area contributed by atoms with Gasteiger partial charge in [-0.15, -0.1) is 0 Å². The molecule has 0 saturated carbocycles. The van der Waals surface area contributed by atoms with Crippen molar-refractivity contribution in [2.45, 2.75) is 38.2 Å². The Bertz CT molecular complexity index is 1330. The summed E-state index contributed by atoms with van der Waals surface area (Å²) >= 11 is 0. The third kappa shape index (κ3) is 4.67. The average Bonchev–Trinajstić information content (AvgIpc) is 2.87. The number of hydrogen-bond donors (Lipinski definition) is 1. The Morgan fingerprint density at radius 3 is 2.34 bits per heavy atom. The van der Waals surface area contributed by atoms with Crippen LogP contribution in [-0.2, 0) is 20.9 Å². The van der Waals surface area contributed by atoms with Crippen LogP contribution in [0.3, 0.4) is 0 Å². The van der Waals surface area contributed by atoms with Gasteiger partial charge in [-0.2, -0.15) is 0 Å². The molecule has 2 aliphatic rings. The van der Waals surface area contributed by atoms with E-state index in [0.29, 0.717) is 35.2 Å². The number of ketones is 1. The number of ether oxygens (including phenoxy) is 1. The van der Waals surface area contributed by atoms with E-state index in [1.807, 2.05) is 67.6 Å². The van der Waals surface area contributed by atoms with Crippen molar-refractivity contribution in [3.05, 3.63) is 130 Å². The summed E-state index contributed by atoms with van der Waals surface area (Å²) in [4.78, 5) is 26.9. The monoisotopic (exact) mass is 467 g/mol. The minimum atomic E-state index is -0.686. The van der Waals surface area contributed by atoms with Crippen LogP contribution in [0.1, 0.15) is 48.3 Å². The highest BCUT2D eigenvalue weighted by Gasteiger charge is 2.41. The maximum Gasteiger partial charge on any atom is 0.337 e. The van der Waals surface area contributed by atoms with Crippen molar-refractivity contribution in [3.8, 4) is 0 Å². The number of allylic oxidation sites excluding steroid dienone is 3. The summed E-state index contributed by atoms with van der Waals surface area (Å²) in [5.74, 6) is -1.61. The fourth-order valence-electron chi connectivity index (χ4n) is 5.09. The van der Waals surface area contributed by atoms with Crippen molar-refractivity contribution in [1.82, 2.24) is 5.32 Å². The van der Waals surface area contributed by atoms with Crippen LogP contribution in [0.2, 0.25) is 0 Å². The van der Waals surface area contributed by atoms with Gasteiger partial charge in [0.2, 0.25) is 0 Å². The van der Waals surface area contributed by atoms with Gasteiger partial charge >= 0.3 is 5.97 Å². The number of rotatable bonds is 5. The molecule has 1 heterocycles. The standard InChI is InChI=1S/C30H26FNO3/c1-19-27(30(34)35-18-20-9-4-2-5-10-20)28(22-13-8-14-24(31)15-22)29-25(32-19)16-23(17-26(29)33)21-11-6-3-7-12-21/h2-15,23,28,32H,16-18H2,1H3/t23-,28+/m0/s1. The highest BCUT2D eigenvalue weighted by Crippen LogP contribution is 2.45. The van der Waals surface area contributed by atoms with Crippen molar-refractivity contribution in [2.75, 3.05) is 0 Å². The first kappa shape index (κ1) is 22.8. The Labute approximate surface area is 204 Å². The van der Waals surface area contributed by atoms with Gasteiger partial charge in [0, 0.05) is 29.3 Å². The third-order valence-electron chi connectivity index (χ3n) is 6.71. The van der Waals surface area contributed by atoms with Gasteiger partial charge in [0.05, 0.1) is 5.57 Å². The molecule has 1 aliphatic heterocycles. The molecule has 2 atom stereocenters. The van der Waals surface area contributed by atoms with Crippen LogP contribution in [0.25, 0.3) is 0 Å². The molecule has 0 radical (unpaired) electrons. The number of carbonyl (C=O) groups is 2. The number of nitrogens with one attached hydrogen (secondary N) is 1. The molecule has 0 aromatic heterocycles. The van der Waals surface area contributed by atoms with Crippen molar-refractivity contribution >= 4 is 11.8 Å². The molecular formula is C30H26FNO3. The molecule has 5 heteroatoms. The Hall–Kier alpha value is -3.99. The van der Waals surface area contributed by atoms with Crippen molar-refractivity contribution in [3.63, 3.8) is 0 Å². The molecular weight excluding hydrogens is 441 g/mol. The Morgan fingerprint density at radius 2 is 1.63 bits per heavy atom. The molecule has 0 spiro atoms. The van der Waals surface area contributed by atoms with E-state index in [1.165, 1.54) is 12.1 Å². The first-order chi connectivity index (χ1) is 17.0. The van der Waals surface area contributed by atoms with Crippen LogP contribution in [0.15, 0.2) is 107 Å². The van der Waals surface area contributed by atoms with Crippen LogP contribution >= 0.6 is 0 Å². The van der Waals surface area contributed by atoms with Crippen LogP contribution in [0, 0.1) is 5.82 Å². The van der Waals surface area contributed by atoms with Gasteiger partial charge in [-0.25, -0.2) is 9.18 Å². The molecule has 1 N–H and O–H groups in total. The zero-order chi connectivity index (χ0) is 24.4. The van der Waals surface area contributed by atoms with Crippen LogP contribution in [-0.4, -0.2) is 11.8 Å². The number of halogens is 1. The van der Waals surface area contributed by atoms with Gasteiger partial charge in [0.25, 0.3) is 0 Å². The predicted octanol–water partition coefficient (Wildman–Crippen LogP) is 5.93. The second kappa shape index (κ2) is 9.71. The SMILES string of the molecule is CC1=C(C(=O)OCc2ccccc2)[C@@H](c2cccc(F)c2)C2=C(C[C@H](c3ccccc3)CC2=O)N1. The third-order valence-corrected chi connectivity index (χ3v) is 6.71. The molecule has 0 bridgehead atoms. The van der Waals surface area contributed by atoms with Gasteiger partial charge in [-0.3, -0.25) is 4.79 Å². The molecule has 1 aliphatic carbocycles. The van der Waals surface area contributed by atoms with Crippen molar-refractivity contribution < 1.29 is 18.7 Å². The maximum atomic E-state index is 14.3. The predicted molar refractivity (Wildman–Crippen MR) is 132 cm³/mol. The lowest BCUT2D eigenvalue weighted by Gasteiger charge is -2.36. The molecule has 0 fully saturated rings. The van der Waals surface area contributed by atoms with Crippen LogP contribution < -0.4 is 5.32 Å². The lowest BCUT2D eigenvalue weighted by Crippen LogP contribution is -2.36. The van der Waals surface area contributed by atoms with E-state index < -0.39 is 17.7 Å². The first-order valence-corrected chi connectivity index (χ1v) is 11.8. The molecule has 4 nitrogen and oxygen atoms in total. The largest absolute Gasteiger partial charge is 0.457 e. The molecule has 176 valence electrons. The lowest BCUT2D eigenvalue weighted by atomic mass is 9.71. The zero-order valence-corrected chi connectivity index (χ0v) is 19.5. The summed E-state index contributed by atoms with van der Waals surface area (Å²) in [5.41, 5.74) is 4.82. The quantitative estimate of drug-likeness (QED) is 0.473. The topological polar surface area (TPSA) is 55.4 Å². The minimum Gasteiger partial charge on any atom is -0.457 e. The van der Waals surface area contributed by atoms with Crippen LogP contribution in [0.4, 0.5) is 4.39 Å². The van der Waals surface area contributed by atoms with E-state index in [-0.39, 0.29) is 18.3 Å². The number of carbonyl (C=O) groups excluding carboxylic acids is 2. The summed E-state index contributed by atoms with van der Waals surface area (Å²) in [5, 5.41) is 3.34. The number of benzene rings is 3. The number of Topliss-reactive ketones (excluding diaryl/α,β-unsaturated/α-hetero) is 1. The minimum absolute atomic E-state index is 0.0391. The van der Waals surface area contributed by atoms with E-state index >= 15 is 0 Å². The van der Waals surface area contributed by atoms with Crippen LogP contribution in [0.5, 0.6) is 0 Å². The van der Waals surface area contributed by atoms with Gasteiger partial charge in [0.15, 0.2) is 5.78 Å². The van der Waals surface area contributed by atoms with Crippen molar-refractivity contribution in [2.24, 2.45) is 0 Å². The summed E-state index contributed by atoms with van der Waals surface area (Å²) in [6.07, 6.45) is 0.975. The van der Waals surface area contributed by atoms with E-state index in [2.05, 4.69) is 5.32 Å². The number of esters is 1. The summed E-state index contributed by atoms with van der Waals surface area (Å²) in [7, 11) is 0. The first-order valence-electron chi connectivity index (χ1n) is 11.8. The van der Waals surface area contributed by atoms with E-state index in [0.717, 1.165) is 16.8 Å². The molecule has 5 rings (SSSR count). The average molecular weight is 468 g/mol. The second-order valence-electron chi connectivity index (χ2n) is 9.04. The van der Waals surface area contributed by atoms with Gasteiger partial charge in [-0.05, 0) is 48.1 Å². The van der Waals surface area contributed by atoms with Gasteiger partial charge in [0.1, 0.15) is 12.4 Å². The fourth-order valence-corrected chi connectivity index (χ4v) is 5.09. The van der Waals surface area contributed by atoms with E-state index in [9.17, 15) is 14.0 Å². The second-order valence-corrected chi connectivity index (χ2v) is 9.04. The normalized spacial score (nSPS) is 19.8. The van der Waals surface area contributed by atoms with Crippen molar-refractivity contribution in [1.29, 1.82) is 0 Å². The molecule has 3 aromatic rings. The molecule has 0 amide bonds. The summed E-state index contributed by atoms with van der Waals surface area (Å²) in [6, 6.07) is 25.5. The molecule has 0 unspecified atom stereocenters.